The van der Waals surface area contributed by atoms with Crippen molar-refractivity contribution in [2.75, 3.05) is 6.54 Å². The van der Waals surface area contributed by atoms with Gasteiger partial charge in [-0.05, 0) is 18.6 Å². The van der Waals surface area contributed by atoms with Crippen LogP contribution >= 0.6 is 0 Å². The second-order valence-electron chi connectivity index (χ2n) is 6.31. The van der Waals surface area contributed by atoms with Crippen molar-refractivity contribution in [3.63, 3.8) is 0 Å². The van der Waals surface area contributed by atoms with Crippen LogP contribution in [0.3, 0.4) is 0 Å². The molecule has 0 saturated carbocycles. The van der Waals surface area contributed by atoms with Gasteiger partial charge in [0.1, 0.15) is 5.78 Å². The molecule has 0 bridgehead atoms. The summed E-state index contributed by atoms with van der Waals surface area (Å²) in [6, 6.07) is 5.97. The first-order valence-corrected chi connectivity index (χ1v) is 6.71. The number of amides is 1. The van der Waals surface area contributed by atoms with Gasteiger partial charge in [0, 0.05) is 30.5 Å². The van der Waals surface area contributed by atoms with Crippen LogP contribution in [0.5, 0.6) is 0 Å². The largest absolute Gasteiger partial charge is 0.334 e. The van der Waals surface area contributed by atoms with Crippen LogP contribution in [0.2, 0.25) is 0 Å². The molecule has 0 saturated heterocycles. The number of hydrogen-bond acceptors (Lipinski definition) is 2. The molecule has 1 aromatic carbocycles. The molecule has 1 amide bonds. The Morgan fingerprint density at radius 3 is 2.63 bits per heavy atom. The Hall–Kier alpha value is -1.64. The molecule has 0 aliphatic carbocycles. The van der Waals surface area contributed by atoms with Crippen molar-refractivity contribution in [3.8, 4) is 0 Å². The van der Waals surface area contributed by atoms with Crippen molar-refractivity contribution in [3.05, 3.63) is 34.9 Å². The van der Waals surface area contributed by atoms with Crippen LogP contribution in [0.1, 0.15) is 48.7 Å². The van der Waals surface area contributed by atoms with Crippen LogP contribution in [0.4, 0.5) is 0 Å². The Labute approximate surface area is 114 Å². The average molecular weight is 259 g/mol. The maximum absolute atomic E-state index is 12.2. The number of fused-ring (bicyclic) bond motifs is 1. The van der Waals surface area contributed by atoms with E-state index < -0.39 is 0 Å². The summed E-state index contributed by atoms with van der Waals surface area (Å²) in [5.41, 5.74) is 2.63. The highest BCUT2D eigenvalue weighted by Crippen LogP contribution is 2.25. The number of benzene rings is 1. The van der Waals surface area contributed by atoms with Gasteiger partial charge in [-0.1, -0.05) is 38.5 Å². The number of ketones is 1. The van der Waals surface area contributed by atoms with E-state index in [-0.39, 0.29) is 17.1 Å². The van der Waals surface area contributed by atoms with E-state index in [0.717, 1.165) is 16.7 Å². The van der Waals surface area contributed by atoms with Crippen LogP contribution in [0, 0.1) is 12.3 Å². The number of hydrogen-bond donors (Lipinski definition) is 0. The number of carbonyl (C=O) groups is 2. The molecule has 1 aliphatic rings. The number of Topliss-reactive ketones (excluding diaryl/α,β-unsaturated/α-hetero) is 1. The first-order valence-electron chi connectivity index (χ1n) is 6.71. The normalized spacial score (nSPS) is 14.7. The third-order valence-corrected chi connectivity index (χ3v) is 3.59. The minimum absolute atomic E-state index is 0.0559. The van der Waals surface area contributed by atoms with Gasteiger partial charge < -0.3 is 4.90 Å². The van der Waals surface area contributed by atoms with E-state index in [2.05, 4.69) is 0 Å². The molecule has 1 aliphatic heterocycles. The SMILES string of the molecule is Cc1ccc2c(c1)C(=O)N(CCC(=O)C(C)(C)C)C2. The molecule has 0 fully saturated rings. The quantitative estimate of drug-likeness (QED) is 0.837. The second kappa shape index (κ2) is 4.80. The Morgan fingerprint density at radius 1 is 1.32 bits per heavy atom. The second-order valence-corrected chi connectivity index (χ2v) is 6.31. The lowest BCUT2D eigenvalue weighted by Gasteiger charge is -2.20. The van der Waals surface area contributed by atoms with Crippen molar-refractivity contribution in [2.24, 2.45) is 5.41 Å². The first-order chi connectivity index (χ1) is 8.79. The Kier molecular flexibility index (Phi) is 3.48. The van der Waals surface area contributed by atoms with Gasteiger partial charge >= 0.3 is 0 Å². The van der Waals surface area contributed by atoms with Crippen LogP contribution < -0.4 is 0 Å². The highest BCUT2D eigenvalue weighted by molar-refractivity contribution is 5.98. The zero-order valence-corrected chi connectivity index (χ0v) is 12.1. The smallest absolute Gasteiger partial charge is 0.254 e. The van der Waals surface area contributed by atoms with Crippen molar-refractivity contribution < 1.29 is 9.59 Å². The van der Waals surface area contributed by atoms with E-state index in [4.69, 9.17) is 0 Å². The van der Waals surface area contributed by atoms with Gasteiger partial charge in [0.2, 0.25) is 0 Å². The third kappa shape index (κ3) is 2.86. The topological polar surface area (TPSA) is 37.4 Å². The molecule has 0 radical (unpaired) electrons. The van der Waals surface area contributed by atoms with Gasteiger partial charge in [-0.2, -0.15) is 0 Å². The van der Waals surface area contributed by atoms with Gasteiger partial charge in [-0.3, -0.25) is 9.59 Å². The zero-order valence-electron chi connectivity index (χ0n) is 12.1. The fourth-order valence-electron chi connectivity index (χ4n) is 2.27. The summed E-state index contributed by atoms with van der Waals surface area (Å²) < 4.78 is 0. The molecule has 0 spiro atoms. The Bertz CT molecular complexity index is 526. The summed E-state index contributed by atoms with van der Waals surface area (Å²) in [7, 11) is 0. The predicted molar refractivity (Wildman–Crippen MR) is 75.0 cm³/mol. The fraction of sp³-hybridized carbons (Fsp3) is 0.500. The number of aryl methyl sites for hydroxylation is 1. The van der Waals surface area contributed by atoms with E-state index in [9.17, 15) is 9.59 Å². The summed E-state index contributed by atoms with van der Waals surface area (Å²) in [6.45, 7) is 8.88. The molecular formula is C16H21NO2. The number of rotatable bonds is 3. The molecule has 19 heavy (non-hydrogen) atoms. The summed E-state index contributed by atoms with van der Waals surface area (Å²) in [5.74, 6) is 0.257. The van der Waals surface area contributed by atoms with Crippen molar-refractivity contribution in [1.82, 2.24) is 4.90 Å². The number of nitrogens with zero attached hydrogens (tertiary/aromatic N) is 1. The molecule has 0 aromatic heterocycles. The maximum Gasteiger partial charge on any atom is 0.254 e. The van der Waals surface area contributed by atoms with E-state index in [1.54, 1.807) is 4.90 Å². The summed E-state index contributed by atoms with van der Waals surface area (Å²) in [6.07, 6.45) is 0.433. The average Bonchev–Trinajstić information content (AvgIpc) is 2.62. The molecule has 1 heterocycles. The lowest BCUT2D eigenvalue weighted by molar-refractivity contribution is -0.126. The van der Waals surface area contributed by atoms with E-state index in [0.29, 0.717) is 19.5 Å². The number of carbonyl (C=O) groups excluding carboxylic acids is 2. The molecule has 3 nitrogen and oxygen atoms in total. The van der Waals surface area contributed by atoms with Crippen LogP contribution in [0.25, 0.3) is 0 Å². The van der Waals surface area contributed by atoms with E-state index in [1.165, 1.54) is 0 Å². The molecule has 0 unspecified atom stereocenters. The summed E-state index contributed by atoms with van der Waals surface area (Å²) in [4.78, 5) is 25.9. The van der Waals surface area contributed by atoms with E-state index in [1.807, 2.05) is 45.9 Å². The lowest BCUT2D eigenvalue weighted by atomic mass is 9.89. The van der Waals surface area contributed by atoms with Gasteiger partial charge in [-0.25, -0.2) is 0 Å². The predicted octanol–water partition coefficient (Wildman–Crippen LogP) is 2.96. The standard InChI is InChI=1S/C16H21NO2/c1-11-5-6-12-10-17(15(19)13(12)9-11)8-7-14(18)16(2,3)4/h5-6,9H,7-8,10H2,1-4H3. The van der Waals surface area contributed by atoms with Crippen LogP contribution in [-0.2, 0) is 11.3 Å². The Balaban J connectivity index is 2.03. The minimum atomic E-state index is -0.327. The lowest BCUT2D eigenvalue weighted by Crippen LogP contribution is -2.30. The summed E-state index contributed by atoms with van der Waals surface area (Å²) in [5, 5.41) is 0. The fourth-order valence-corrected chi connectivity index (χ4v) is 2.27. The van der Waals surface area contributed by atoms with Gasteiger partial charge in [-0.15, -0.1) is 0 Å². The highest BCUT2D eigenvalue weighted by Gasteiger charge is 2.29. The van der Waals surface area contributed by atoms with Crippen molar-refractivity contribution in [1.29, 1.82) is 0 Å². The van der Waals surface area contributed by atoms with Gasteiger partial charge in [0.15, 0.2) is 0 Å². The molecule has 0 atom stereocenters. The van der Waals surface area contributed by atoms with Gasteiger partial charge in [0.05, 0.1) is 0 Å². The first kappa shape index (κ1) is 13.8. The molecular weight excluding hydrogens is 238 g/mol. The molecule has 3 heteroatoms. The monoisotopic (exact) mass is 259 g/mol. The molecule has 1 aromatic rings. The Morgan fingerprint density at radius 2 is 2.00 bits per heavy atom. The van der Waals surface area contributed by atoms with Crippen LogP contribution in [0.15, 0.2) is 18.2 Å². The van der Waals surface area contributed by atoms with Crippen molar-refractivity contribution >= 4 is 11.7 Å². The van der Waals surface area contributed by atoms with Crippen molar-refractivity contribution in [2.45, 2.75) is 40.7 Å². The maximum atomic E-state index is 12.2. The highest BCUT2D eigenvalue weighted by atomic mass is 16.2. The molecule has 2 rings (SSSR count). The minimum Gasteiger partial charge on any atom is -0.334 e. The van der Waals surface area contributed by atoms with Gasteiger partial charge in [0.25, 0.3) is 5.91 Å². The third-order valence-electron chi connectivity index (χ3n) is 3.59. The van der Waals surface area contributed by atoms with E-state index >= 15 is 0 Å². The zero-order chi connectivity index (χ0) is 14.2. The van der Waals surface area contributed by atoms with Crippen LogP contribution in [-0.4, -0.2) is 23.1 Å². The molecule has 102 valence electrons. The summed E-state index contributed by atoms with van der Waals surface area (Å²) >= 11 is 0. The molecule has 0 N–H and O–H groups in total.